The van der Waals surface area contributed by atoms with Crippen molar-refractivity contribution in [3.63, 3.8) is 0 Å². The van der Waals surface area contributed by atoms with Gasteiger partial charge in [0.2, 0.25) is 0 Å². The molecule has 0 bridgehead atoms. The lowest BCUT2D eigenvalue weighted by atomic mass is 9.91. The predicted octanol–water partition coefficient (Wildman–Crippen LogP) is 4.02. The predicted molar refractivity (Wildman–Crippen MR) is 65.1 cm³/mol. The standard InChI is InChI=1S/C12H17BrFN/c1-3-5-8(2)12(15)9-6-4-7-10(13)11(9)14/h4,6-8,12H,3,5,15H2,1-2H3. The lowest BCUT2D eigenvalue weighted by Crippen LogP contribution is -2.20. The molecule has 2 atom stereocenters. The molecule has 84 valence electrons. The molecule has 0 heterocycles. The Morgan fingerprint density at radius 3 is 2.73 bits per heavy atom. The van der Waals surface area contributed by atoms with Crippen molar-refractivity contribution < 1.29 is 4.39 Å². The van der Waals surface area contributed by atoms with Gasteiger partial charge < -0.3 is 5.73 Å². The Bertz CT molecular complexity index is 327. The molecule has 3 heteroatoms. The zero-order valence-electron chi connectivity index (χ0n) is 9.13. The Labute approximate surface area is 99.0 Å². The molecule has 0 aliphatic carbocycles. The summed E-state index contributed by atoms with van der Waals surface area (Å²) in [7, 11) is 0. The highest BCUT2D eigenvalue weighted by atomic mass is 79.9. The molecule has 0 saturated carbocycles. The van der Waals surface area contributed by atoms with Gasteiger partial charge in [-0.1, -0.05) is 32.4 Å². The Morgan fingerprint density at radius 1 is 1.47 bits per heavy atom. The van der Waals surface area contributed by atoms with Gasteiger partial charge in [0.25, 0.3) is 0 Å². The van der Waals surface area contributed by atoms with Gasteiger partial charge in [-0.3, -0.25) is 0 Å². The smallest absolute Gasteiger partial charge is 0.142 e. The van der Waals surface area contributed by atoms with Gasteiger partial charge in [-0.05, 0) is 34.3 Å². The van der Waals surface area contributed by atoms with E-state index < -0.39 is 0 Å². The van der Waals surface area contributed by atoms with E-state index in [1.54, 1.807) is 12.1 Å². The number of halogens is 2. The van der Waals surface area contributed by atoms with Crippen LogP contribution in [0.5, 0.6) is 0 Å². The SMILES string of the molecule is CCCC(C)C(N)c1cccc(Br)c1F. The van der Waals surface area contributed by atoms with E-state index in [-0.39, 0.29) is 11.9 Å². The van der Waals surface area contributed by atoms with Crippen molar-refractivity contribution in [1.82, 2.24) is 0 Å². The fraction of sp³-hybridized carbons (Fsp3) is 0.500. The van der Waals surface area contributed by atoms with Crippen LogP contribution in [0.2, 0.25) is 0 Å². The third-order valence-corrected chi connectivity index (χ3v) is 3.31. The zero-order valence-corrected chi connectivity index (χ0v) is 10.7. The highest BCUT2D eigenvalue weighted by molar-refractivity contribution is 9.10. The number of nitrogens with two attached hydrogens (primary N) is 1. The van der Waals surface area contributed by atoms with Crippen LogP contribution in [-0.2, 0) is 0 Å². The lowest BCUT2D eigenvalue weighted by Gasteiger charge is -2.20. The Balaban J connectivity index is 2.90. The van der Waals surface area contributed by atoms with E-state index in [0.29, 0.717) is 16.0 Å². The number of benzene rings is 1. The van der Waals surface area contributed by atoms with Crippen LogP contribution in [0.4, 0.5) is 4.39 Å². The molecule has 0 spiro atoms. The van der Waals surface area contributed by atoms with Crippen LogP contribution in [0.1, 0.15) is 38.3 Å². The highest BCUT2D eigenvalue weighted by Crippen LogP contribution is 2.28. The van der Waals surface area contributed by atoms with Crippen molar-refractivity contribution in [3.05, 3.63) is 34.1 Å². The van der Waals surface area contributed by atoms with Crippen LogP contribution in [0.15, 0.2) is 22.7 Å². The second-order valence-electron chi connectivity index (χ2n) is 3.93. The number of hydrogen-bond acceptors (Lipinski definition) is 1. The highest BCUT2D eigenvalue weighted by Gasteiger charge is 2.18. The molecule has 2 unspecified atom stereocenters. The molecule has 1 rings (SSSR count). The molecular weight excluding hydrogens is 257 g/mol. The van der Waals surface area contributed by atoms with E-state index in [2.05, 4.69) is 29.8 Å². The first-order chi connectivity index (χ1) is 7.07. The van der Waals surface area contributed by atoms with Gasteiger partial charge in [-0.15, -0.1) is 0 Å². The van der Waals surface area contributed by atoms with Crippen molar-refractivity contribution >= 4 is 15.9 Å². The number of hydrogen-bond donors (Lipinski definition) is 1. The molecule has 0 aromatic heterocycles. The minimum atomic E-state index is -0.229. The van der Waals surface area contributed by atoms with E-state index in [0.717, 1.165) is 12.8 Å². The minimum absolute atomic E-state index is 0.220. The summed E-state index contributed by atoms with van der Waals surface area (Å²) in [5.41, 5.74) is 6.64. The Morgan fingerprint density at radius 2 is 2.13 bits per heavy atom. The molecular formula is C12H17BrFN. The Hall–Kier alpha value is -0.410. The molecule has 0 amide bonds. The van der Waals surface area contributed by atoms with Crippen LogP contribution in [0, 0.1) is 11.7 Å². The van der Waals surface area contributed by atoms with E-state index in [1.807, 2.05) is 6.07 Å². The lowest BCUT2D eigenvalue weighted by molar-refractivity contribution is 0.419. The average molecular weight is 274 g/mol. The van der Waals surface area contributed by atoms with Gasteiger partial charge in [0.1, 0.15) is 5.82 Å². The summed E-state index contributed by atoms with van der Waals surface area (Å²) in [6.45, 7) is 4.18. The topological polar surface area (TPSA) is 26.0 Å². The summed E-state index contributed by atoms with van der Waals surface area (Å²) >= 11 is 3.17. The molecule has 0 aliphatic rings. The molecule has 2 N–H and O–H groups in total. The van der Waals surface area contributed by atoms with Gasteiger partial charge in [0, 0.05) is 11.6 Å². The van der Waals surface area contributed by atoms with Crippen molar-refractivity contribution in [3.8, 4) is 0 Å². The molecule has 0 radical (unpaired) electrons. The molecule has 1 aromatic carbocycles. The maximum atomic E-state index is 13.7. The minimum Gasteiger partial charge on any atom is -0.324 e. The van der Waals surface area contributed by atoms with Crippen molar-refractivity contribution in [2.24, 2.45) is 11.7 Å². The van der Waals surface area contributed by atoms with Crippen LogP contribution in [-0.4, -0.2) is 0 Å². The summed E-state index contributed by atoms with van der Waals surface area (Å²) in [5.74, 6) is 0.0757. The Kier molecular flexibility index (Phi) is 4.74. The summed E-state index contributed by atoms with van der Waals surface area (Å²) in [4.78, 5) is 0. The van der Waals surface area contributed by atoms with Crippen molar-refractivity contribution in [2.45, 2.75) is 32.7 Å². The second-order valence-corrected chi connectivity index (χ2v) is 4.79. The molecule has 0 aliphatic heterocycles. The first kappa shape index (κ1) is 12.7. The van der Waals surface area contributed by atoms with E-state index in [1.165, 1.54) is 0 Å². The second kappa shape index (κ2) is 5.61. The fourth-order valence-electron chi connectivity index (χ4n) is 1.72. The summed E-state index contributed by atoms with van der Waals surface area (Å²) in [5, 5.41) is 0. The van der Waals surface area contributed by atoms with Crippen LogP contribution in [0.3, 0.4) is 0 Å². The molecule has 0 fully saturated rings. The normalized spacial score (nSPS) is 15.0. The molecule has 0 saturated heterocycles. The molecule has 1 nitrogen and oxygen atoms in total. The third kappa shape index (κ3) is 3.02. The summed E-state index contributed by atoms with van der Waals surface area (Å²) < 4.78 is 14.2. The van der Waals surface area contributed by atoms with Crippen LogP contribution in [0.25, 0.3) is 0 Å². The van der Waals surface area contributed by atoms with Crippen molar-refractivity contribution in [1.29, 1.82) is 0 Å². The van der Waals surface area contributed by atoms with Gasteiger partial charge >= 0.3 is 0 Å². The zero-order chi connectivity index (χ0) is 11.4. The number of rotatable bonds is 4. The van der Waals surface area contributed by atoms with Gasteiger partial charge in [-0.25, -0.2) is 4.39 Å². The summed E-state index contributed by atoms with van der Waals surface area (Å²) in [6, 6.07) is 5.05. The first-order valence-electron chi connectivity index (χ1n) is 5.27. The van der Waals surface area contributed by atoms with Gasteiger partial charge in [-0.2, -0.15) is 0 Å². The van der Waals surface area contributed by atoms with Crippen LogP contribution >= 0.6 is 15.9 Å². The fourth-order valence-corrected chi connectivity index (χ4v) is 2.10. The van der Waals surface area contributed by atoms with E-state index in [9.17, 15) is 4.39 Å². The van der Waals surface area contributed by atoms with Crippen LogP contribution < -0.4 is 5.73 Å². The maximum Gasteiger partial charge on any atom is 0.142 e. The monoisotopic (exact) mass is 273 g/mol. The largest absolute Gasteiger partial charge is 0.324 e. The molecule has 15 heavy (non-hydrogen) atoms. The quantitative estimate of drug-likeness (QED) is 0.881. The maximum absolute atomic E-state index is 13.7. The first-order valence-corrected chi connectivity index (χ1v) is 6.06. The average Bonchev–Trinajstić information content (AvgIpc) is 2.21. The van der Waals surface area contributed by atoms with E-state index >= 15 is 0 Å². The van der Waals surface area contributed by atoms with Gasteiger partial charge in [0.05, 0.1) is 4.47 Å². The van der Waals surface area contributed by atoms with Gasteiger partial charge in [0.15, 0.2) is 0 Å². The van der Waals surface area contributed by atoms with Crippen molar-refractivity contribution in [2.75, 3.05) is 0 Å². The summed E-state index contributed by atoms with van der Waals surface area (Å²) in [6.07, 6.45) is 2.09. The third-order valence-electron chi connectivity index (χ3n) is 2.70. The van der Waals surface area contributed by atoms with E-state index in [4.69, 9.17) is 5.73 Å². The molecule has 1 aromatic rings.